The van der Waals surface area contributed by atoms with Crippen LogP contribution in [0.4, 0.5) is 0 Å². The van der Waals surface area contributed by atoms with Crippen LogP contribution in [-0.2, 0) is 0 Å². The number of hydrogen-bond acceptors (Lipinski definition) is 4. The quantitative estimate of drug-likeness (QED) is 0.728. The largest absolute Gasteiger partial charge is 0.494 e. The average Bonchev–Trinajstić information content (AvgIpc) is 2.99. The van der Waals surface area contributed by atoms with Crippen molar-refractivity contribution in [1.29, 1.82) is 0 Å². The van der Waals surface area contributed by atoms with Gasteiger partial charge in [-0.15, -0.1) is 5.10 Å². The number of nitrogens with zero attached hydrogens (tertiary/aromatic N) is 4. The van der Waals surface area contributed by atoms with E-state index < -0.39 is 0 Å². The van der Waals surface area contributed by atoms with Gasteiger partial charge >= 0.3 is 0 Å². The van der Waals surface area contributed by atoms with E-state index in [0.717, 1.165) is 17.1 Å². The molecule has 0 aliphatic carbocycles. The number of hydrogen-bond donors (Lipinski definition) is 0. The van der Waals surface area contributed by atoms with E-state index in [-0.39, 0.29) is 0 Å². The predicted octanol–water partition coefficient (Wildman–Crippen LogP) is 2.73. The Morgan fingerprint density at radius 2 is 2.05 bits per heavy atom. The number of rotatable bonds is 4. The van der Waals surface area contributed by atoms with Gasteiger partial charge in [-0.1, -0.05) is 18.2 Å². The van der Waals surface area contributed by atoms with E-state index in [9.17, 15) is 0 Å². The van der Waals surface area contributed by atoms with Crippen LogP contribution in [0.1, 0.15) is 6.92 Å². The average molecular weight is 266 g/mol. The topological polar surface area (TPSA) is 52.8 Å². The molecular weight excluding hydrogens is 252 g/mol. The molecule has 100 valence electrons. The van der Waals surface area contributed by atoms with Gasteiger partial charge in [0.2, 0.25) is 0 Å². The minimum absolute atomic E-state index is 0.638. The van der Waals surface area contributed by atoms with Crippen molar-refractivity contribution in [3.63, 3.8) is 0 Å². The molecule has 2 aromatic heterocycles. The Morgan fingerprint density at radius 1 is 1.10 bits per heavy atom. The first kappa shape index (κ1) is 12.3. The molecule has 0 fully saturated rings. The van der Waals surface area contributed by atoms with Crippen LogP contribution < -0.4 is 4.74 Å². The summed E-state index contributed by atoms with van der Waals surface area (Å²) in [4.78, 5) is 8.56. The molecule has 0 saturated carbocycles. The van der Waals surface area contributed by atoms with Crippen LogP contribution >= 0.6 is 0 Å². The lowest BCUT2D eigenvalue weighted by molar-refractivity contribution is 0.340. The summed E-state index contributed by atoms with van der Waals surface area (Å²) in [5.41, 5.74) is 0.922. The molecule has 1 aromatic carbocycles. The zero-order valence-corrected chi connectivity index (χ0v) is 11.1. The van der Waals surface area contributed by atoms with Crippen molar-refractivity contribution in [2.24, 2.45) is 0 Å². The third-order valence-corrected chi connectivity index (χ3v) is 2.78. The van der Waals surface area contributed by atoms with Gasteiger partial charge in [0.15, 0.2) is 11.6 Å². The fourth-order valence-corrected chi connectivity index (χ4v) is 1.89. The first-order valence-electron chi connectivity index (χ1n) is 6.43. The maximum atomic E-state index is 5.48. The molecule has 0 aliphatic heterocycles. The highest BCUT2D eigenvalue weighted by Gasteiger charge is 2.07. The van der Waals surface area contributed by atoms with E-state index in [1.165, 1.54) is 0 Å². The Kier molecular flexibility index (Phi) is 3.41. The van der Waals surface area contributed by atoms with Gasteiger partial charge in [0.05, 0.1) is 6.61 Å². The molecule has 0 bridgehead atoms. The molecule has 0 radical (unpaired) electrons. The number of ether oxygens (including phenoxy) is 1. The molecule has 0 N–H and O–H groups in total. The summed E-state index contributed by atoms with van der Waals surface area (Å²) in [5, 5.41) is 4.44. The van der Waals surface area contributed by atoms with Gasteiger partial charge in [0.25, 0.3) is 0 Å². The van der Waals surface area contributed by atoms with Gasteiger partial charge in [-0.2, -0.15) is 0 Å². The molecule has 20 heavy (non-hydrogen) atoms. The normalized spacial score (nSPS) is 10.4. The Hall–Kier alpha value is -2.69. The standard InChI is InChI=1S/C15H14N4O/c1-2-20-13-7-5-6-12(10-13)15-17-11-19(18-15)14-8-3-4-9-16-14/h3-11H,2H2,1H3. The molecule has 5 heteroatoms. The van der Waals surface area contributed by atoms with Crippen molar-refractivity contribution in [1.82, 2.24) is 19.7 Å². The first-order chi connectivity index (χ1) is 9.86. The maximum Gasteiger partial charge on any atom is 0.181 e. The second kappa shape index (κ2) is 5.52. The van der Waals surface area contributed by atoms with Gasteiger partial charge in [0, 0.05) is 11.8 Å². The monoisotopic (exact) mass is 266 g/mol. The lowest BCUT2D eigenvalue weighted by atomic mass is 10.2. The van der Waals surface area contributed by atoms with Gasteiger partial charge in [-0.05, 0) is 31.2 Å². The van der Waals surface area contributed by atoms with Gasteiger partial charge in [-0.3, -0.25) is 0 Å². The molecule has 0 aliphatic rings. The fraction of sp³-hybridized carbons (Fsp3) is 0.133. The first-order valence-corrected chi connectivity index (χ1v) is 6.43. The van der Waals surface area contributed by atoms with Crippen LogP contribution in [0.25, 0.3) is 17.2 Å². The number of aromatic nitrogens is 4. The lowest BCUT2D eigenvalue weighted by Gasteiger charge is -2.03. The highest BCUT2D eigenvalue weighted by Crippen LogP contribution is 2.21. The number of benzene rings is 1. The van der Waals surface area contributed by atoms with E-state index in [2.05, 4.69) is 15.1 Å². The highest BCUT2D eigenvalue weighted by atomic mass is 16.5. The molecule has 0 spiro atoms. The molecule has 5 nitrogen and oxygen atoms in total. The third-order valence-electron chi connectivity index (χ3n) is 2.78. The molecule has 3 aromatic rings. The molecule has 0 saturated heterocycles. The molecule has 2 heterocycles. The maximum absolute atomic E-state index is 5.48. The van der Waals surface area contributed by atoms with Crippen molar-refractivity contribution >= 4 is 0 Å². The van der Waals surface area contributed by atoms with Crippen LogP contribution in [0.15, 0.2) is 55.0 Å². The Bertz CT molecular complexity index is 694. The molecule has 0 amide bonds. The second-order valence-corrected chi connectivity index (χ2v) is 4.16. The summed E-state index contributed by atoms with van der Waals surface area (Å²) in [6, 6.07) is 13.4. The Labute approximate surface area is 116 Å². The van der Waals surface area contributed by atoms with Crippen molar-refractivity contribution in [3.8, 4) is 23.0 Å². The lowest BCUT2D eigenvalue weighted by Crippen LogP contribution is -1.97. The minimum Gasteiger partial charge on any atom is -0.494 e. The highest BCUT2D eigenvalue weighted by molar-refractivity contribution is 5.57. The summed E-state index contributed by atoms with van der Waals surface area (Å²) in [6.07, 6.45) is 3.39. The Balaban J connectivity index is 1.92. The van der Waals surface area contributed by atoms with E-state index in [4.69, 9.17) is 4.74 Å². The van der Waals surface area contributed by atoms with Gasteiger partial charge < -0.3 is 4.74 Å². The predicted molar refractivity (Wildman–Crippen MR) is 75.8 cm³/mol. The van der Waals surface area contributed by atoms with Crippen molar-refractivity contribution in [2.45, 2.75) is 6.92 Å². The molecule has 0 unspecified atom stereocenters. The van der Waals surface area contributed by atoms with E-state index >= 15 is 0 Å². The van der Waals surface area contributed by atoms with Crippen LogP contribution in [0.5, 0.6) is 5.75 Å². The zero-order valence-electron chi connectivity index (χ0n) is 11.1. The summed E-state index contributed by atoms with van der Waals surface area (Å²) < 4.78 is 7.14. The van der Waals surface area contributed by atoms with E-state index in [0.29, 0.717) is 12.4 Å². The van der Waals surface area contributed by atoms with E-state index in [1.807, 2.05) is 49.4 Å². The summed E-state index contributed by atoms with van der Waals surface area (Å²) >= 11 is 0. The van der Waals surface area contributed by atoms with Crippen LogP contribution in [0.2, 0.25) is 0 Å². The summed E-state index contributed by atoms with van der Waals surface area (Å²) in [6.45, 7) is 2.60. The second-order valence-electron chi connectivity index (χ2n) is 4.16. The third kappa shape index (κ3) is 2.51. The smallest absolute Gasteiger partial charge is 0.181 e. The van der Waals surface area contributed by atoms with Crippen LogP contribution in [0, 0.1) is 0 Å². The molecule has 3 rings (SSSR count). The summed E-state index contributed by atoms with van der Waals surface area (Å²) in [5.74, 6) is 2.21. The van der Waals surface area contributed by atoms with Gasteiger partial charge in [-0.25, -0.2) is 14.6 Å². The van der Waals surface area contributed by atoms with Crippen molar-refractivity contribution < 1.29 is 4.74 Å². The molecule has 0 atom stereocenters. The van der Waals surface area contributed by atoms with E-state index in [1.54, 1.807) is 17.2 Å². The summed E-state index contributed by atoms with van der Waals surface area (Å²) in [7, 11) is 0. The van der Waals surface area contributed by atoms with Crippen molar-refractivity contribution in [3.05, 3.63) is 55.0 Å². The molecular formula is C15H14N4O. The van der Waals surface area contributed by atoms with Crippen LogP contribution in [-0.4, -0.2) is 26.4 Å². The zero-order chi connectivity index (χ0) is 13.8. The minimum atomic E-state index is 0.638. The number of pyridine rings is 1. The van der Waals surface area contributed by atoms with Crippen LogP contribution in [0.3, 0.4) is 0 Å². The SMILES string of the molecule is CCOc1cccc(-c2ncn(-c3ccccn3)n2)c1. The fourth-order valence-electron chi connectivity index (χ4n) is 1.89. The van der Waals surface area contributed by atoms with Crippen molar-refractivity contribution in [2.75, 3.05) is 6.61 Å². The van der Waals surface area contributed by atoms with Gasteiger partial charge in [0.1, 0.15) is 12.1 Å². The Morgan fingerprint density at radius 3 is 2.85 bits per heavy atom.